The fourth-order valence-electron chi connectivity index (χ4n) is 2.15. The van der Waals surface area contributed by atoms with Crippen LogP contribution in [-0.2, 0) is 0 Å². The number of carboxylic acid groups (broad SMARTS) is 1. The van der Waals surface area contributed by atoms with Gasteiger partial charge in [-0.3, -0.25) is 0 Å². The van der Waals surface area contributed by atoms with E-state index in [4.69, 9.17) is 5.11 Å². The molecule has 1 fully saturated rings. The summed E-state index contributed by atoms with van der Waals surface area (Å²) in [6.45, 7) is 4.09. The van der Waals surface area contributed by atoms with Gasteiger partial charge in [0.2, 0.25) is 0 Å². The van der Waals surface area contributed by atoms with Crippen molar-refractivity contribution in [3.05, 3.63) is 29.3 Å². The molecule has 0 saturated heterocycles. The molecule has 0 spiro atoms. The van der Waals surface area contributed by atoms with Crippen LogP contribution in [0.2, 0.25) is 0 Å². The number of benzene rings is 1. The van der Waals surface area contributed by atoms with Crippen LogP contribution in [0.5, 0.6) is 0 Å². The molecule has 0 heterocycles. The van der Waals surface area contributed by atoms with E-state index in [2.05, 4.69) is 12.2 Å². The van der Waals surface area contributed by atoms with E-state index in [1.807, 2.05) is 13.0 Å². The number of aromatic carboxylic acids is 1. The van der Waals surface area contributed by atoms with E-state index in [9.17, 15) is 4.79 Å². The monoisotopic (exact) mass is 219 g/mol. The number of anilines is 1. The molecule has 0 radical (unpaired) electrons. The second kappa shape index (κ2) is 3.81. The molecule has 1 aromatic carbocycles. The standard InChI is InChI=1S/C13H17NO2/c1-9-5-3-6-10(12(15)16)11(9)14-13(2)7-4-8-13/h3,5-6,14H,4,7-8H2,1-2H3,(H,15,16). The minimum Gasteiger partial charge on any atom is -0.478 e. The Hall–Kier alpha value is -1.51. The second-order valence-corrected chi connectivity index (χ2v) is 4.84. The highest BCUT2D eigenvalue weighted by Gasteiger charge is 2.32. The van der Waals surface area contributed by atoms with Gasteiger partial charge in [-0.25, -0.2) is 4.79 Å². The van der Waals surface area contributed by atoms with Gasteiger partial charge in [-0.1, -0.05) is 12.1 Å². The van der Waals surface area contributed by atoms with E-state index in [-0.39, 0.29) is 5.54 Å². The van der Waals surface area contributed by atoms with Gasteiger partial charge < -0.3 is 10.4 Å². The lowest BCUT2D eigenvalue weighted by molar-refractivity contribution is 0.0697. The first-order valence-electron chi connectivity index (χ1n) is 5.63. The molecule has 1 saturated carbocycles. The van der Waals surface area contributed by atoms with Crippen molar-refractivity contribution in [3.8, 4) is 0 Å². The van der Waals surface area contributed by atoms with Crippen molar-refractivity contribution in [2.45, 2.75) is 38.6 Å². The summed E-state index contributed by atoms with van der Waals surface area (Å²) >= 11 is 0. The number of aryl methyl sites for hydroxylation is 1. The highest BCUT2D eigenvalue weighted by molar-refractivity contribution is 5.95. The van der Waals surface area contributed by atoms with Crippen LogP contribution < -0.4 is 5.32 Å². The van der Waals surface area contributed by atoms with Gasteiger partial charge in [0.15, 0.2) is 0 Å². The molecule has 0 aliphatic heterocycles. The molecule has 0 bridgehead atoms. The van der Waals surface area contributed by atoms with Gasteiger partial charge in [0.05, 0.1) is 11.3 Å². The molecule has 0 aromatic heterocycles. The van der Waals surface area contributed by atoms with Gasteiger partial charge >= 0.3 is 5.97 Å². The summed E-state index contributed by atoms with van der Waals surface area (Å²) in [5.41, 5.74) is 2.22. The zero-order valence-electron chi connectivity index (χ0n) is 9.71. The van der Waals surface area contributed by atoms with Crippen LogP contribution in [0.15, 0.2) is 18.2 Å². The minimum absolute atomic E-state index is 0.0797. The van der Waals surface area contributed by atoms with Crippen molar-refractivity contribution in [2.24, 2.45) is 0 Å². The molecule has 1 aliphatic carbocycles. The first kappa shape index (κ1) is 11.0. The number of para-hydroxylation sites is 1. The molecule has 2 rings (SSSR count). The van der Waals surface area contributed by atoms with Crippen LogP contribution in [0.3, 0.4) is 0 Å². The van der Waals surface area contributed by atoms with Crippen molar-refractivity contribution in [2.75, 3.05) is 5.32 Å². The summed E-state index contributed by atoms with van der Waals surface area (Å²) in [5, 5.41) is 12.5. The van der Waals surface area contributed by atoms with Gasteiger partial charge in [0.1, 0.15) is 0 Å². The average Bonchev–Trinajstić information content (AvgIpc) is 2.18. The summed E-state index contributed by atoms with van der Waals surface area (Å²) in [6.07, 6.45) is 3.44. The van der Waals surface area contributed by atoms with E-state index in [0.717, 1.165) is 24.1 Å². The third kappa shape index (κ3) is 1.90. The summed E-state index contributed by atoms with van der Waals surface area (Å²) in [7, 11) is 0. The summed E-state index contributed by atoms with van der Waals surface area (Å²) in [4.78, 5) is 11.1. The molecule has 0 amide bonds. The van der Waals surface area contributed by atoms with Crippen LogP contribution in [0.1, 0.15) is 42.1 Å². The van der Waals surface area contributed by atoms with Crippen LogP contribution in [0, 0.1) is 6.92 Å². The van der Waals surface area contributed by atoms with Crippen molar-refractivity contribution >= 4 is 11.7 Å². The number of hydrogen-bond donors (Lipinski definition) is 2. The minimum atomic E-state index is -0.867. The van der Waals surface area contributed by atoms with E-state index in [0.29, 0.717) is 5.56 Å². The molecule has 3 nitrogen and oxygen atoms in total. The van der Waals surface area contributed by atoms with Gasteiger partial charge in [-0.05, 0) is 44.7 Å². The molecular weight excluding hydrogens is 202 g/mol. The Morgan fingerprint density at radius 2 is 2.12 bits per heavy atom. The number of nitrogens with one attached hydrogen (secondary N) is 1. The third-order valence-corrected chi connectivity index (χ3v) is 3.39. The maximum Gasteiger partial charge on any atom is 0.337 e. The van der Waals surface area contributed by atoms with Gasteiger partial charge in [-0.2, -0.15) is 0 Å². The molecule has 1 aliphatic rings. The predicted octanol–water partition coefficient (Wildman–Crippen LogP) is 3.05. The fraction of sp³-hybridized carbons (Fsp3) is 0.462. The SMILES string of the molecule is Cc1cccc(C(=O)O)c1NC1(C)CCC1. The lowest BCUT2D eigenvalue weighted by Crippen LogP contribution is -2.42. The van der Waals surface area contributed by atoms with E-state index in [1.165, 1.54) is 6.42 Å². The smallest absolute Gasteiger partial charge is 0.337 e. The molecule has 0 atom stereocenters. The van der Waals surface area contributed by atoms with Crippen molar-refractivity contribution in [1.29, 1.82) is 0 Å². The fourth-order valence-corrected chi connectivity index (χ4v) is 2.15. The molecule has 1 aromatic rings. The average molecular weight is 219 g/mol. The van der Waals surface area contributed by atoms with E-state index >= 15 is 0 Å². The normalized spacial score (nSPS) is 17.6. The summed E-state index contributed by atoms with van der Waals surface area (Å²) < 4.78 is 0. The van der Waals surface area contributed by atoms with Crippen LogP contribution >= 0.6 is 0 Å². The molecule has 16 heavy (non-hydrogen) atoms. The van der Waals surface area contributed by atoms with Gasteiger partial charge in [-0.15, -0.1) is 0 Å². The molecular formula is C13H17NO2. The Balaban J connectivity index is 2.34. The lowest BCUT2D eigenvalue weighted by Gasteiger charge is -2.40. The largest absolute Gasteiger partial charge is 0.478 e. The summed E-state index contributed by atoms with van der Waals surface area (Å²) in [5.74, 6) is -0.867. The maximum atomic E-state index is 11.1. The van der Waals surface area contributed by atoms with E-state index < -0.39 is 5.97 Å². The Bertz CT molecular complexity index is 422. The van der Waals surface area contributed by atoms with E-state index in [1.54, 1.807) is 12.1 Å². The first-order valence-corrected chi connectivity index (χ1v) is 5.63. The molecule has 3 heteroatoms. The van der Waals surface area contributed by atoms with Gasteiger partial charge in [0, 0.05) is 5.54 Å². The van der Waals surface area contributed by atoms with Crippen molar-refractivity contribution in [1.82, 2.24) is 0 Å². The van der Waals surface area contributed by atoms with Crippen molar-refractivity contribution in [3.63, 3.8) is 0 Å². The van der Waals surface area contributed by atoms with Crippen LogP contribution in [0.25, 0.3) is 0 Å². The van der Waals surface area contributed by atoms with Crippen LogP contribution in [-0.4, -0.2) is 16.6 Å². The Morgan fingerprint density at radius 1 is 1.44 bits per heavy atom. The lowest BCUT2D eigenvalue weighted by atomic mass is 9.78. The quantitative estimate of drug-likeness (QED) is 0.821. The summed E-state index contributed by atoms with van der Waals surface area (Å²) in [6, 6.07) is 5.38. The Labute approximate surface area is 95.5 Å². The third-order valence-electron chi connectivity index (χ3n) is 3.39. The number of carboxylic acids is 1. The first-order chi connectivity index (χ1) is 7.52. The maximum absolute atomic E-state index is 11.1. The van der Waals surface area contributed by atoms with Crippen molar-refractivity contribution < 1.29 is 9.90 Å². The van der Waals surface area contributed by atoms with Crippen LogP contribution in [0.4, 0.5) is 5.69 Å². The zero-order chi connectivity index (χ0) is 11.8. The topological polar surface area (TPSA) is 49.3 Å². The Morgan fingerprint density at radius 3 is 2.62 bits per heavy atom. The second-order valence-electron chi connectivity index (χ2n) is 4.84. The predicted molar refractivity (Wildman–Crippen MR) is 64.0 cm³/mol. The molecule has 0 unspecified atom stereocenters. The highest BCUT2D eigenvalue weighted by Crippen LogP contribution is 2.36. The zero-order valence-corrected chi connectivity index (χ0v) is 9.71. The number of hydrogen-bond acceptors (Lipinski definition) is 2. The molecule has 2 N–H and O–H groups in total. The number of rotatable bonds is 3. The van der Waals surface area contributed by atoms with Gasteiger partial charge in [0.25, 0.3) is 0 Å². The molecule has 86 valence electrons. The highest BCUT2D eigenvalue weighted by atomic mass is 16.4. The number of carbonyl (C=O) groups is 1. The Kier molecular flexibility index (Phi) is 2.62.